The van der Waals surface area contributed by atoms with Gasteiger partial charge in [0.15, 0.2) is 15.6 Å². The maximum atomic E-state index is 13.4. The SMILES string of the molecule is Br.BrCCNCCBr.CC(C)(C)OC(=O)N1CCN(c2ccc(F)cc2S(N)(=O)=O)CC1.NS(=O)(=O)c1cc(F)ccc1N1CCNCC1.NS(=O)(=O)c1cc(F)ccc1N1CCNCC1.Nc1ccc(F)cc1.Nc1ccc(F)cc1S(N)(=O)=O.O=C(Cc1ccc(F)cc1)CS(=O)(=O)Cl.O=C1CS(=O)(=O)c2cc(F)ccc2N1.O=C=NS(=O)(=O)Cl. The number of Topliss-reactive ketones (excluding diaryl/α,β-unsaturated/α-hetero) is 1. The molecule has 3 saturated heterocycles. The highest BCUT2D eigenvalue weighted by Gasteiger charge is 2.31. The number of primary sulfonamides is 4. The molecule has 0 aliphatic carbocycles. The van der Waals surface area contributed by atoms with E-state index < -0.39 is 138 Å². The average molecular weight is 2100 g/mol. The number of sulfone groups is 1. The number of nitrogens with two attached hydrogens (primary N) is 6. The molecule has 7 aromatic carbocycles. The first-order chi connectivity index (χ1) is 56.0. The van der Waals surface area contributed by atoms with E-state index in [0.29, 0.717) is 80.7 Å². The molecule has 34 nitrogen and oxygen atoms in total. The molecule has 4 aliphatic rings. The quantitative estimate of drug-likeness (QED) is 0.00930. The van der Waals surface area contributed by atoms with Crippen LogP contribution in [0.2, 0.25) is 0 Å². The number of hydrogen-bond donors (Lipinski definition) is 10. The number of hydrogen-bond acceptors (Lipinski definition) is 27. The summed E-state index contributed by atoms with van der Waals surface area (Å²) in [6, 6.07) is 28.0. The predicted molar refractivity (Wildman–Crippen MR) is 462 cm³/mol. The van der Waals surface area contributed by atoms with Gasteiger partial charge in [0, 0.05) is 136 Å². The number of isocyanates is 1. The zero-order valence-electron chi connectivity index (χ0n) is 64.6. The van der Waals surface area contributed by atoms with Crippen molar-refractivity contribution >= 4 is 196 Å². The molecule has 2 amide bonds. The average Bonchev–Trinajstić information content (AvgIpc) is 0.807. The van der Waals surface area contributed by atoms with Crippen molar-refractivity contribution in [1.29, 1.82) is 0 Å². The van der Waals surface area contributed by atoms with E-state index in [1.807, 2.05) is 9.80 Å². The van der Waals surface area contributed by atoms with Crippen LogP contribution in [-0.2, 0) is 93.8 Å². The maximum absolute atomic E-state index is 13.4. The molecular weight excluding hydrogens is 2010 g/mol. The van der Waals surface area contributed by atoms with Gasteiger partial charge in [-0.2, -0.15) is 8.42 Å². The third-order valence-corrected chi connectivity index (χ3v) is 23.0. The molecule has 53 heteroatoms. The van der Waals surface area contributed by atoms with E-state index in [1.165, 1.54) is 91.0 Å². The van der Waals surface area contributed by atoms with Gasteiger partial charge < -0.3 is 57.1 Å². The lowest BCUT2D eigenvalue weighted by Gasteiger charge is -2.37. The number of piperazine rings is 3. The first-order valence-corrected chi connectivity index (χ1v) is 49.4. The zero-order chi connectivity index (χ0) is 91.7. The third kappa shape index (κ3) is 42.7. The molecule has 0 bridgehead atoms. The van der Waals surface area contributed by atoms with Gasteiger partial charge in [-0.1, -0.05) is 48.4 Å². The van der Waals surface area contributed by atoms with Crippen LogP contribution in [0.1, 0.15) is 26.3 Å². The van der Waals surface area contributed by atoms with Gasteiger partial charge in [-0.25, -0.2) is 111 Å². The van der Waals surface area contributed by atoms with Crippen LogP contribution in [0.3, 0.4) is 0 Å². The Labute approximate surface area is 738 Å². The summed E-state index contributed by atoms with van der Waals surface area (Å²) in [5.41, 5.74) is 12.4. The molecule has 7 aromatic rings. The minimum atomic E-state index is -4.05. The Hall–Kier alpha value is -7.77. The normalized spacial score (nSPS) is 14.3. The van der Waals surface area contributed by atoms with Crippen molar-refractivity contribution in [2.24, 2.45) is 25.0 Å². The Morgan fingerprint density at radius 2 is 0.885 bits per heavy atom. The fraction of sp³-hybridized carbons (Fsp3) is 0.333. The summed E-state index contributed by atoms with van der Waals surface area (Å²) in [5.74, 6) is -6.29. The minimum Gasteiger partial charge on any atom is -0.444 e. The number of ether oxygens (including phenoxy) is 1. The molecule has 0 unspecified atom stereocenters. The highest BCUT2D eigenvalue weighted by Crippen LogP contribution is 2.31. The number of nitrogen functional groups attached to an aromatic ring is 2. The number of nitrogens with zero attached hydrogens (tertiary/aromatic N) is 5. The number of ketones is 1. The molecule has 4 heterocycles. The van der Waals surface area contributed by atoms with Crippen molar-refractivity contribution < 1.29 is 114 Å². The van der Waals surface area contributed by atoms with Crippen molar-refractivity contribution in [3.8, 4) is 0 Å². The Bertz CT molecular complexity index is 5450. The minimum absolute atomic E-state index is 0. The molecule has 4 aliphatic heterocycles. The second-order valence-corrected chi connectivity index (χ2v) is 40.5. The molecule has 0 atom stereocenters. The fourth-order valence-electron chi connectivity index (χ4n) is 10.1. The highest BCUT2D eigenvalue weighted by molar-refractivity contribution is 9.09. The van der Waals surface area contributed by atoms with Gasteiger partial charge in [-0.05, 0) is 154 Å². The highest BCUT2D eigenvalue weighted by atomic mass is 79.9. The summed E-state index contributed by atoms with van der Waals surface area (Å²) in [5, 5.41) is 34.1. The van der Waals surface area contributed by atoms with Crippen molar-refractivity contribution in [2.45, 2.75) is 57.3 Å². The van der Waals surface area contributed by atoms with E-state index in [-0.39, 0.29) is 65.1 Å². The number of rotatable bonds is 16. The molecule has 0 aromatic heterocycles. The number of nitrogens with one attached hydrogen (secondary N) is 4. The van der Waals surface area contributed by atoms with E-state index in [0.717, 1.165) is 105 Å². The lowest BCUT2D eigenvalue weighted by Crippen LogP contribution is -2.50. The zero-order valence-corrected chi connectivity index (χ0v) is 76.7. The first kappa shape index (κ1) is 110. The second kappa shape index (κ2) is 51.0. The smallest absolute Gasteiger partial charge is 0.410 e. The van der Waals surface area contributed by atoms with E-state index in [2.05, 4.69) is 68.2 Å². The second-order valence-electron chi connectivity index (χ2n) is 25.9. The molecule has 11 rings (SSSR count). The monoisotopic (exact) mass is 2090 g/mol. The van der Waals surface area contributed by atoms with E-state index in [4.69, 9.17) is 52.2 Å². The van der Waals surface area contributed by atoms with Crippen molar-refractivity contribution in [2.75, 3.05) is 145 Å². The van der Waals surface area contributed by atoms with Crippen LogP contribution >= 0.6 is 70.2 Å². The predicted octanol–water partition coefficient (Wildman–Crippen LogP) is 6.57. The largest absolute Gasteiger partial charge is 0.444 e. The summed E-state index contributed by atoms with van der Waals surface area (Å²) < 4.78 is 250. The van der Waals surface area contributed by atoms with Gasteiger partial charge in [-0.15, -0.1) is 17.0 Å². The van der Waals surface area contributed by atoms with Crippen LogP contribution in [0.4, 0.5) is 69.7 Å². The van der Waals surface area contributed by atoms with Gasteiger partial charge in [0.05, 0.1) is 33.3 Å². The van der Waals surface area contributed by atoms with Gasteiger partial charge in [-0.3, -0.25) is 9.59 Å². The summed E-state index contributed by atoms with van der Waals surface area (Å²) >= 11 is 6.60. The molecule has 3 fully saturated rings. The molecular formula is C69H87Br3Cl2F7N15O19S7. The summed E-state index contributed by atoms with van der Waals surface area (Å²) in [6.45, 7) is 14.8. The van der Waals surface area contributed by atoms with Gasteiger partial charge in [0.1, 0.15) is 77.4 Å². The third-order valence-electron chi connectivity index (χ3n) is 15.2. The first-order valence-electron chi connectivity index (χ1n) is 34.5. The van der Waals surface area contributed by atoms with E-state index >= 15 is 0 Å². The van der Waals surface area contributed by atoms with Crippen LogP contribution in [-0.4, -0.2) is 207 Å². The fourth-order valence-corrected chi connectivity index (χ4v) is 16.0. The number of halogens is 12. The Morgan fingerprint density at radius 1 is 0.533 bits per heavy atom. The lowest BCUT2D eigenvalue weighted by molar-refractivity contribution is -0.116. The molecule has 678 valence electrons. The topological polar surface area (TPSA) is 546 Å². The van der Waals surface area contributed by atoms with Crippen molar-refractivity contribution in [3.63, 3.8) is 0 Å². The van der Waals surface area contributed by atoms with Crippen LogP contribution in [0.5, 0.6) is 0 Å². The van der Waals surface area contributed by atoms with E-state index in [1.54, 1.807) is 30.6 Å². The molecule has 0 radical (unpaired) electrons. The Balaban J connectivity index is 0.000000476. The Morgan fingerprint density at radius 3 is 1.22 bits per heavy atom. The number of carbonyl (C=O) groups is 3. The van der Waals surface area contributed by atoms with E-state index in [9.17, 15) is 104 Å². The maximum Gasteiger partial charge on any atom is 0.410 e. The van der Waals surface area contributed by atoms with Crippen LogP contribution in [0, 0.1) is 40.7 Å². The summed E-state index contributed by atoms with van der Waals surface area (Å²) in [6.07, 6.45) is 0.290. The standard InChI is InChI=1S/C15H22FN3O4S.2C10H14FN3O2S.C9H8ClFO3S.C8H6FNO3S.C6H7FN2O2S.C6H6FN.C4H9Br2N.CClNO3S.BrH/c1-15(2,3)23-14(20)19-8-6-18(7-9-19)12-5-4-11(16)10-13(12)24(17,21)22;2*11-8-1-2-9(10(7-8)17(12,15)16)14-5-3-13-4-6-14;10-15(13,14)6-9(12)5-7-1-3-8(11)4-2-7;9-5-1-2-6-7(3-5)14(12,13)4-8(11)10-6;7-4-1-2-5(8)6(3-4)12(9,10)11;7-5-1-3-6(8)4-2-5;5-1-3-7-4-2-6;2-7(5,6)3-1-4;/h4-5,10H,6-9H2,1-3H3,(H2,17,21,22);2*1-2,7,13H,3-6H2,(H2,12,15,16);1-4H,5-6H2;1-3H,4H2,(H,10,11);1-3H,8H2,(H2,9,10,11);1-4H,8H2;7H,1-4H2;;1H. The molecule has 0 saturated carbocycles. The van der Waals surface area contributed by atoms with Crippen LogP contribution in [0.25, 0.3) is 0 Å². The number of alkyl halides is 2. The molecule has 16 N–H and O–H groups in total. The number of amides is 2. The van der Waals surface area contributed by atoms with Crippen LogP contribution < -0.4 is 68.0 Å². The number of benzene rings is 7. The molecule has 0 spiro atoms. The summed E-state index contributed by atoms with van der Waals surface area (Å²) in [7, 11) is -18.0. The number of carbonyl (C=O) groups excluding carboxylic acids is 4. The number of anilines is 6. The lowest BCUT2D eigenvalue weighted by atomic mass is 10.1. The van der Waals surface area contributed by atoms with Crippen molar-refractivity contribution in [3.05, 3.63) is 186 Å². The number of sulfonamides is 4. The summed E-state index contributed by atoms with van der Waals surface area (Å²) in [4.78, 5) is 49.2. The molecule has 122 heavy (non-hydrogen) atoms. The van der Waals surface area contributed by atoms with Gasteiger partial charge in [0.25, 0.3) is 6.08 Å². The van der Waals surface area contributed by atoms with Crippen LogP contribution in [0.15, 0.2) is 168 Å². The van der Waals surface area contributed by atoms with Crippen molar-refractivity contribution in [1.82, 2.24) is 20.9 Å². The number of fused-ring (bicyclic) bond motifs is 1. The van der Waals surface area contributed by atoms with Gasteiger partial charge in [0.2, 0.25) is 55.1 Å². The van der Waals surface area contributed by atoms with Gasteiger partial charge >= 0.3 is 15.3 Å². The Kier molecular flexibility index (Phi) is 46.1.